The first kappa shape index (κ1) is 46.3. The molecule has 0 aliphatic rings. The van der Waals surface area contributed by atoms with E-state index in [0.29, 0.717) is 28.8 Å². The van der Waals surface area contributed by atoms with E-state index in [-0.39, 0.29) is 50.1 Å². The van der Waals surface area contributed by atoms with Crippen molar-refractivity contribution in [2.45, 2.75) is 77.0 Å². The molecule has 13 N–H and O–H groups in total. The maximum atomic E-state index is 14.5. The van der Waals surface area contributed by atoms with Crippen LogP contribution in [0.5, 0.6) is 0 Å². The lowest BCUT2D eigenvalue weighted by Gasteiger charge is -2.30. The Morgan fingerprint density at radius 3 is 1.80 bits per heavy atom. The SMILES string of the molecule is CC(=O)N(C(=O)/C=C/c1ccccc1)C(Cc1ccccc1)C(=O)NC(Cc1ccc(N=C(N)N)cc1)C(=O)NC(CC(C)C)C(=O)NC(CCCN=C(N)N)C(N)=O. The Hall–Kier alpha value is -7.04. The van der Waals surface area contributed by atoms with Gasteiger partial charge in [0.1, 0.15) is 24.2 Å². The molecule has 3 rings (SSSR count). The molecule has 0 heterocycles. The van der Waals surface area contributed by atoms with Crippen LogP contribution in [0.3, 0.4) is 0 Å². The Morgan fingerprint density at radius 1 is 0.678 bits per heavy atom. The molecule has 314 valence electrons. The van der Waals surface area contributed by atoms with Gasteiger partial charge in [-0.05, 0) is 60.1 Å². The average Bonchev–Trinajstić information content (AvgIpc) is 3.18. The quantitative estimate of drug-likeness (QED) is 0.0325. The van der Waals surface area contributed by atoms with E-state index in [2.05, 4.69) is 25.9 Å². The summed E-state index contributed by atoms with van der Waals surface area (Å²) in [4.78, 5) is 90.5. The van der Waals surface area contributed by atoms with Gasteiger partial charge in [-0.2, -0.15) is 0 Å². The first-order valence-electron chi connectivity index (χ1n) is 19.1. The van der Waals surface area contributed by atoms with Gasteiger partial charge in [0, 0.05) is 32.4 Å². The molecule has 6 amide bonds. The first-order chi connectivity index (χ1) is 28.0. The zero-order valence-electron chi connectivity index (χ0n) is 33.5. The minimum atomic E-state index is -1.40. The predicted octanol–water partition coefficient (Wildman–Crippen LogP) is 0.873. The van der Waals surface area contributed by atoms with E-state index in [0.717, 1.165) is 4.90 Å². The molecule has 17 heteroatoms. The lowest BCUT2D eigenvalue weighted by molar-refractivity contribution is -0.148. The normalized spacial score (nSPS) is 12.9. The van der Waals surface area contributed by atoms with Gasteiger partial charge < -0.3 is 44.6 Å². The second kappa shape index (κ2) is 23.3. The number of hydrogen-bond donors (Lipinski definition) is 8. The Labute approximate surface area is 343 Å². The summed E-state index contributed by atoms with van der Waals surface area (Å²) in [6.45, 7) is 5.07. The number of carbonyl (C=O) groups is 6. The van der Waals surface area contributed by atoms with Crippen LogP contribution >= 0.6 is 0 Å². The maximum absolute atomic E-state index is 14.5. The number of benzene rings is 3. The van der Waals surface area contributed by atoms with Crippen LogP contribution in [0.4, 0.5) is 5.69 Å². The van der Waals surface area contributed by atoms with Crippen molar-refractivity contribution in [1.82, 2.24) is 20.9 Å². The summed E-state index contributed by atoms with van der Waals surface area (Å²) in [6, 6.07) is 19.3. The van der Waals surface area contributed by atoms with Crippen LogP contribution in [0.1, 0.15) is 56.7 Å². The van der Waals surface area contributed by atoms with E-state index < -0.39 is 59.6 Å². The standard InChI is InChI=1S/C42H55N11O6/c1-26(2)23-33(38(57)50-32(37(43)56)15-10-22-48-41(44)45)51-39(58)34(24-30-16-19-31(20-17-30)49-42(46)47)52-40(59)35(25-29-13-8-5-9-14-29)53(27(3)54)36(55)21-18-28-11-6-4-7-12-28/h4-9,11-14,16-21,26,32-35H,10,15,22-25H2,1-3H3,(H2,43,56)(H,50,57)(H,51,58)(H,52,59)(H4,44,45,48)(H4,46,47,49)/b21-18+. The Bertz CT molecular complexity index is 1980. The van der Waals surface area contributed by atoms with Gasteiger partial charge in [0.25, 0.3) is 5.91 Å². The average molecular weight is 810 g/mol. The summed E-state index contributed by atoms with van der Waals surface area (Å²) in [5, 5.41) is 8.15. The summed E-state index contributed by atoms with van der Waals surface area (Å²) in [7, 11) is 0. The zero-order chi connectivity index (χ0) is 43.5. The minimum absolute atomic E-state index is 0.0746. The van der Waals surface area contributed by atoms with E-state index >= 15 is 0 Å². The number of amides is 6. The van der Waals surface area contributed by atoms with Crippen molar-refractivity contribution in [3.63, 3.8) is 0 Å². The number of nitrogens with one attached hydrogen (secondary N) is 3. The fraction of sp³-hybridized carbons (Fsp3) is 0.333. The molecular formula is C42H55N11O6. The van der Waals surface area contributed by atoms with Gasteiger partial charge in [0.2, 0.25) is 29.5 Å². The smallest absolute Gasteiger partial charge is 0.253 e. The maximum Gasteiger partial charge on any atom is 0.253 e. The van der Waals surface area contributed by atoms with Gasteiger partial charge in [-0.15, -0.1) is 0 Å². The summed E-state index contributed by atoms with van der Waals surface area (Å²) in [5.74, 6) is -4.85. The van der Waals surface area contributed by atoms with Gasteiger partial charge in [-0.3, -0.25) is 38.7 Å². The summed E-state index contributed by atoms with van der Waals surface area (Å²) in [6.07, 6.45) is 3.18. The molecule has 0 fully saturated rings. The van der Waals surface area contributed by atoms with Gasteiger partial charge in [-0.25, -0.2) is 4.99 Å². The Kier molecular flexibility index (Phi) is 18.3. The monoisotopic (exact) mass is 809 g/mol. The highest BCUT2D eigenvalue weighted by Gasteiger charge is 2.36. The number of rotatable bonds is 21. The zero-order valence-corrected chi connectivity index (χ0v) is 33.5. The van der Waals surface area contributed by atoms with Crippen LogP contribution in [0.25, 0.3) is 6.08 Å². The predicted molar refractivity (Wildman–Crippen MR) is 227 cm³/mol. The third kappa shape index (κ3) is 16.2. The molecule has 0 spiro atoms. The number of nitrogens with two attached hydrogens (primary N) is 5. The van der Waals surface area contributed by atoms with E-state index in [1.54, 1.807) is 78.9 Å². The molecule has 0 aromatic heterocycles. The molecule has 4 unspecified atom stereocenters. The third-order valence-corrected chi connectivity index (χ3v) is 8.89. The molecule has 0 saturated heterocycles. The molecule has 0 radical (unpaired) electrons. The van der Waals surface area contributed by atoms with Crippen molar-refractivity contribution in [2.24, 2.45) is 44.6 Å². The lowest BCUT2D eigenvalue weighted by Crippen LogP contribution is -2.59. The highest BCUT2D eigenvalue weighted by molar-refractivity contribution is 6.06. The number of hydrogen-bond acceptors (Lipinski definition) is 8. The Morgan fingerprint density at radius 2 is 1.24 bits per heavy atom. The molecule has 0 aliphatic heterocycles. The van der Waals surface area contributed by atoms with E-state index in [1.807, 2.05) is 19.9 Å². The fourth-order valence-electron chi connectivity index (χ4n) is 6.08. The molecule has 17 nitrogen and oxygen atoms in total. The third-order valence-electron chi connectivity index (χ3n) is 8.89. The molecule has 0 bridgehead atoms. The van der Waals surface area contributed by atoms with Crippen molar-refractivity contribution >= 4 is 59.1 Å². The molecule has 4 atom stereocenters. The number of guanidine groups is 2. The van der Waals surface area contributed by atoms with E-state index in [4.69, 9.17) is 28.7 Å². The molecule has 3 aromatic carbocycles. The fourth-order valence-corrected chi connectivity index (χ4v) is 6.08. The van der Waals surface area contributed by atoms with Crippen LogP contribution in [-0.4, -0.2) is 83.0 Å². The number of primary amides is 1. The van der Waals surface area contributed by atoms with Crippen LogP contribution < -0.4 is 44.6 Å². The molecule has 0 saturated carbocycles. The van der Waals surface area contributed by atoms with Gasteiger partial charge >= 0.3 is 0 Å². The van der Waals surface area contributed by atoms with Crippen LogP contribution in [0.15, 0.2) is 101 Å². The second-order valence-corrected chi connectivity index (χ2v) is 14.2. The first-order valence-corrected chi connectivity index (χ1v) is 19.1. The minimum Gasteiger partial charge on any atom is -0.370 e. The van der Waals surface area contributed by atoms with Gasteiger partial charge in [-0.1, -0.05) is 86.6 Å². The van der Waals surface area contributed by atoms with Gasteiger partial charge in [0.05, 0.1) is 5.69 Å². The van der Waals surface area contributed by atoms with Crippen molar-refractivity contribution < 1.29 is 28.8 Å². The number of nitrogens with zero attached hydrogens (tertiary/aromatic N) is 3. The molecular weight excluding hydrogens is 755 g/mol. The number of imide groups is 1. The summed E-state index contributed by atoms with van der Waals surface area (Å²) in [5.41, 5.74) is 29.8. The highest BCUT2D eigenvalue weighted by atomic mass is 16.2. The van der Waals surface area contributed by atoms with Gasteiger partial charge in [0.15, 0.2) is 11.9 Å². The number of aliphatic imine (C=N–C) groups is 2. The van der Waals surface area contributed by atoms with E-state index in [1.165, 1.54) is 19.1 Å². The Balaban J connectivity index is 2.01. The molecule has 3 aromatic rings. The van der Waals surface area contributed by atoms with Crippen molar-refractivity contribution in [1.29, 1.82) is 0 Å². The topological polar surface area (TPSA) is 297 Å². The van der Waals surface area contributed by atoms with E-state index in [9.17, 15) is 28.8 Å². The highest BCUT2D eigenvalue weighted by Crippen LogP contribution is 2.17. The second-order valence-electron chi connectivity index (χ2n) is 14.2. The van der Waals surface area contributed by atoms with Crippen molar-refractivity contribution in [2.75, 3.05) is 6.54 Å². The van der Waals surface area contributed by atoms with Crippen molar-refractivity contribution in [3.05, 3.63) is 108 Å². The molecule has 59 heavy (non-hydrogen) atoms. The number of carbonyl (C=O) groups excluding carboxylic acids is 6. The molecule has 0 aliphatic carbocycles. The van der Waals surface area contributed by atoms with Crippen molar-refractivity contribution in [3.8, 4) is 0 Å². The largest absolute Gasteiger partial charge is 0.370 e. The summed E-state index contributed by atoms with van der Waals surface area (Å²) < 4.78 is 0. The lowest BCUT2D eigenvalue weighted by atomic mass is 9.99. The van der Waals surface area contributed by atoms with Crippen LogP contribution in [-0.2, 0) is 41.6 Å². The van der Waals surface area contributed by atoms with Crippen LogP contribution in [0.2, 0.25) is 0 Å². The van der Waals surface area contributed by atoms with Crippen LogP contribution in [0, 0.1) is 5.92 Å². The summed E-state index contributed by atoms with van der Waals surface area (Å²) >= 11 is 0.